The van der Waals surface area contributed by atoms with Crippen LogP contribution in [-0.4, -0.2) is 24.0 Å². The molecular formula is C21H19FN2O3. The molecule has 1 N–H and O–H groups in total. The van der Waals surface area contributed by atoms with Crippen LogP contribution < -0.4 is 20.7 Å². The van der Waals surface area contributed by atoms with E-state index in [1.54, 1.807) is 29.0 Å². The molecule has 1 aliphatic heterocycles. The maximum Gasteiger partial charge on any atom is 0.214 e. The zero-order valence-electron chi connectivity index (χ0n) is 15.2. The number of rotatable bonds is 5. The molecule has 5 nitrogen and oxygen atoms in total. The number of hydrogen-bond donors (Lipinski definition) is 1. The Morgan fingerprint density at radius 1 is 1.26 bits per heavy atom. The summed E-state index contributed by atoms with van der Waals surface area (Å²) in [6, 6.07) is 7.64. The van der Waals surface area contributed by atoms with Gasteiger partial charge in [0.1, 0.15) is 18.0 Å². The van der Waals surface area contributed by atoms with E-state index in [1.807, 2.05) is 19.8 Å². The topological polar surface area (TPSA) is 60.3 Å². The molecule has 2 aromatic rings. The summed E-state index contributed by atoms with van der Waals surface area (Å²) in [5.74, 6) is 2.08. The van der Waals surface area contributed by atoms with Crippen LogP contribution in [0.2, 0.25) is 0 Å². The van der Waals surface area contributed by atoms with Crippen molar-refractivity contribution in [2.45, 2.75) is 13.8 Å². The molecule has 0 saturated heterocycles. The first-order valence-corrected chi connectivity index (χ1v) is 8.46. The zero-order chi connectivity index (χ0) is 19.6. The van der Waals surface area contributed by atoms with E-state index in [1.165, 1.54) is 25.3 Å². The number of hydrogen-bond acceptors (Lipinski definition) is 4. The summed E-state index contributed by atoms with van der Waals surface area (Å²) < 4.78 is 20.5. The Morgan fingerprint density at radius 2 is 1.96 bits per heavy atom. The molecule has 0 aliphatic carbocycles. The second-order valence-electron chi connectivity index (χ2n) is 6.36. The number of carbonyl (C=O) groups excluding carboxylic acids is 2. The monoisotopic (exact) mass is 366 g/mol. The number of fused-ring (bicyclic) bond motifs is 1. The average Bonchev–Trinajstić information content (AvgIpc) is 3.03. The van der Waals surface area contributed by atoms with Gasteiger partial charge in [-0.05, 0) is 47.9 Å². The van der Waals surface area contributed by atoms with Crippen LogP contribution in [0, 0.1) is 11.7 Å². The van der Waals surface area contributed by atoms with Gasteiger partial charge in [0.2, 0.25) is 5.88 Å². The van der Waals surface area contributed by atoms with Crippen molar-refractivity contribution in [3.05, 3.63) is 70.0 Å². The summed E-state index contributed by atoms with van der Waals surface area (Å²) in [6.07, 6.45) is 3.77. The summed E-state index contributed by atoms with van der Waals surface area (Å²) in [4.78, 5) is 22.5. The molecule has 1 aromatic carbocycles. The van der Waals surface area contributed by atoms with Crippen molar-refractivity contribution in [2.24, 2.45) is 5.92 Å². The number of halogens is 1. The van der Waals surface area contributed by atoms with Crippen LogP contribution >= 0.6 is 0 Å². The number of aromatic nitrogens is 1. The Bertz CT molecular complexity index is 1090. The highest BCUT2D eigenvalue weighted by Crippen LogP contribution is 2.31. The Morgan fingerprint density at radius 3 is 2.52 bits per heavy atom. The van der Waals surface area contributed by atoms with Gasteiger partial charge >= 0.3 is 0 Å². The SMILES string of the molecule is COc1cc(=C=O)c2n1NC(c1ccc(F)cc1)=C(C=CC=O)C=2C(C)C. The zero-order valence-corrected chi connectivity index (χ0v) is 15.2. The van der Waals surface area contributed by atoms with Crippen LogP contribution in [0.25, 0.3) is 11.3 Å². The third-order valence-electron chi connectivity index (χ3n) is 4.38. The lowest BCUT2D eigenvalue weighted by molar-refractivity contribution is -0.104. The van der Waals surface area contributed by atoms with Crippen molar-refractivity contribution in [1.82, 2.24) is 4.68 Å². The van der Waals surface area contributed by atoms with E-state index in [0.29, 0.717) is 28.4 Å². The van der Waals surface area contributed by atoms with Crippen LogP contribution in [-0.2, 0) is 9.59 Å². The van der Waals surface area contributed by atoms with E-state index in [-0.39, 0.29) is 11.7 Å². The fourth-order valence-electron chi connectivity index (χ4n) is 3.26. The van der Waals surface area contributed by atoms with Gasteiger partial charge in [-0.1, -0.05) is 13.8 Å². The molecule has 0 fully saturated rings. The third kappa shape index (κ3) is 3.23. The van der Waals surface area contributed by atoms with Crippen LogP contribution in [0.3, 0.4) is 0 Å². The summed E-state index contributed by atoms with van der Waals surface area (Å²) in [5.41, 5.74) is 6.24. The normalized spacial score (nSPS) is 13.6. The van der Waals surface area contributed by atoms with E-state index in [9.17, 15) is 14.0 Å². The molecular weight excluding hydrogens is 347 g/mol. The highest BCUT2D eigenvalue weighted by atomic mass is 19.1. The first kappa shape index (κ1) is 18.4. The molecule has 0 unspecified atom stereocenters. The predicted octanol–water partition coefficient (Wildman–Crippen LogP) is 1.67. The Hall–Kier alpha value is -3.37. The number of aldehydes is 1. The van der Waals surface area contributed by atoms with Crippen molar-refractivity contribution < 1.29 is 18.7 Å². The largest absolute Gasteiger partial charge is 0.481 e. The molecule has 1 aromatic heterocycles. The van der Waals surface area contributed by atoms with E-state index in [0.717, 1.165) is 16.7 Å². The maximum atomic E-state index is 13.4. The Labute approximate surface area is 155 Å². The molecule has 0 bridgehead atoms. The second-order valence-corrected chi connectivity index (χ2v) is 6.36. The number of nitrogens with one attached hydrogen (secondary N) is 1. The lowest BCUT2D eigenvalue weighted by atomic mass is 9.90. The number of carbonyl (C=O) groups is 1. The van der Waals surface area contributed by atoms with E-state index in [4.69, 9.17) is 4.74 Å². The van der Waals surface area contributed by atoms with Gasteiger partial charge in [0, 0.05) is 17.2 Å². The van der Waals surface area contributed by atoms with Gasteiger partial charge in [0.05, 0.1) is 23.4 Å². The van der Waals surface area contributed by atoms with Crippen LogP contribution in [0.4, 0.5) is 4.39 Å². The summed E-state index contributed by atoms with van der Waals surface area (Å²) in [6.45, 7) is 3.99. The molecule has 138 valence electrons. The highest BCUT2D eigenvalue weighted by Gasteiger charge is 2.24. The van der Waals surface area contributed by atoms with Crippen LogP contribution in [0.5, 0.6) is 5.88 Å². The minimum absolute atomic E-state index is 0.0271. The first-order chi connectivity index (χ1) is 13.0. The highest BCUT2D eigenvalue weighted by molar-refractivity contribution is 5.90. The molecule has 2 heterocycles. The first-order valence-electron chi connectivity index (χ1n) is 8.46. The summed E-state index contributed by atoms with van der Waals surface area (Å²) >= 11 is 0. The Kier molecular flexibility index (Phi) is 5.10. The third-order valence-corrected chi connectivity index (χ3v) is 4.38. The van der Waals surface area contributed by atoms with Gasteiger partial charge in [-0.25, -0.2) is 13.9 Å². The van der Waals surface area contributed by atoms with Gasteiger partial charge in [-0.3, -0.25) is 10.2 Å². The molecule has 6 heteroatoms. The van der Waals surface area contributed by atoms with Crippen molar-refractivity contribution in [3.8, 4) is 5.88 Å². The van der Waals surface area contributed by atoms with Crippen molar-refractivity contribution in [3.63, 3.8) is 0 Å². The molecule has 0 atom stereocenters. The lowest BCUT2D eigenvalue weighted by Crippen LogP contribution is -2.41. The standard InChI is InChI=1S/C21H19FN2O3/c1-13(2)19-17(5-4-10-25)20(14-6-8-16(22)9-7-14)23-24-18(27-3)11-15(12-26)21(19)24/h4-11,13,23H,1-3H3. The van der Waals surface area contributed by atoms with Crippen LogP contribution in [0.1, 0.15) is 19.4 Å². The van der Waals surface area contributed by atoms with Crippen molar-refractivity contribution >= 4 is 23.5 Å². The van der Waals surface area contributed by atoms with Gasteiger partial charge in [-0.15, -0.1) is 0 Å². The van der Waals surface area contributed by atoms with Gasteiger partial charge in [0.15, 0.2) is 0 Å². The maximum absolute atomic E-state index is 13.4. The summed E-state index contributed by atoms with van der Waals surface area (Å²) in [5, 5.41) is 0.992. The van der Waals surface area contributed by atoms with Gasteiger partial charge in [-0.2, -0.15) is 0 Å². The molecule has 27 heavy (non-hydrogen) atoms. The smallest absolute Gasteiger partial charge is 0.214 e. The average molecular weight is 366 g/mol. The molecule has 0 spiro atoms. The molecule has 0 saturated carbocycles. The van der Waals surface area contributed by atoms with E-state index in [2.05, 4.69) is 5.43 Å². The summed E-state index contributed by atoms with van der Waals surface area (Å²) in [7, 11) is 1.51. The lowest BCUT2D eigenvalue weighted by Gasteiger charge is -2.26. The molecule has 0 radical (unpaired) electrons. The minimum atomic E-state index is -0.342. The number of methoxy groups -OCH3 is 1. The quantitative estimate of drug-likeness (QED) is 0.646. The number of benzene rings is 1. The van der Waals surface area contributed by atoms with Crippen LogP contribution in [0.15, 0.2) is 48.1 Å². The van der Waals surface area contributed by atoms with Gasteiger partial charge in [0.25, 0.3) is 0 Å². The fourth-order valence-corrected chi connectivity index (χ4v) is 3.26. The number of allylic oxidation sites excluding steroid dienone is 3. The second kappa shape index (κ2) is 7.48. The van der Waals surface area contributed by atoms with E-state index >= 15 is 0 Å². The van der Waals surface area contributed by atoms with E-state index < -0.39 is 0 Å². The number of nitrogens with zero attached hydrogens (tertiary/aromatic N) is 1. The molecule has 3 rings (SSSR count). The van der Waals surface area contributed by atoms with Crippen molar-refractivity contribution in [2.75, 3.05) is 12.5 Å². The molecule has 1 aliphatic rings. The number of ether oxygens (including phenoxy) is 1. The minimum Gasteiger partial charge on any atom is -0.481 e. The predicted molar refractivity (Wildman–Crippen MR) is 101 cm³/mol. The Balaban J connectivity index is 2.45. The van der Waals surface area contributed by atoms with Crippen molar-refractivity contribution in [1.29, 1.82) is 0 Å². The molecule has 0 amide bonds. The fraction of sp³-hybridized carbons (Fsp3) is 0.190. The van der Waals surface area contributed by atoms with Gasteiger partial charge < -0.3 is 4.74 Å².